The van der Waals surface area contributed by atoms with Gasteiger partial charge in [-0.3, -0.25) is 9.97 Å². The number of rotatable bonds is 2. The molecule has 0 radical (unpaired) electrons. The molecule has 0 aliphatic heterocycles. The third kappa shape index (κ3) is 2.97. The third-order valence-corrected chi connectivity index (χ3v) is 3.32. The first kappa shape index (κ1) is 13.4. The van der Waals surface area contributed by atoms with Gasteiger partial charge in [-0.25, -0.2) is 4.39 Å². The van der Waals surface area contributed by atoms with Crippen molar-refractivity contribution in [3.8, 4) is 22.5 Å². The summed E-state index contributed by atoms with van der Waals surface area (Å²) in [6.07, 6.45) is 3.47. The number of aryl methyl sites for hydroxylation is 2. The molecule has 3 rings (SSSR count). The van der Waals surface area contributed by atoms with Crippen LogP contribution in [0.1, 0.15) is 11.1 Å². The molecule has 0 fully saturated rings. The van der Waals surface area contributed by atoms with Crippen LogP contribution in [0.2, 0.25) is 0 Å². The van der Waals surface area contributed by atoms with E-state index in [9.17, 15) is 4.39 Å². The molecule has 0 bridgehead atoms. The first-order valence-corrected chi connectivity index (χ1v) is 6.78. The fraction of sp³-hybridized carbons (Fsp3) is 0.111. The van der Waals surface area contributed by atoms with E-state index in [1.54, 1.807) is 12.4 Å². The van der Waals surface area contributed by atoms with E-state index in [4.69, 9.17) is 0 Å². The van der Waals surface area contributed by atoms with Gasteiger partial charge in [-0.15, -0.1) is 0 Å². The molecule has 0 amide bonds. The van der Waals surface area contributed by atoms with Crippen molar-refractivity contribution in [2.75, 3.05) is 0 Å². The van der Waals surface area contributed by atoms with Crippen molar-refractivity contribution in [1.29, 1.82) is 0 Å². The van der Waals surface area contributed by atoms with Crippen LogP contribution < -0.4 is 0 Å². The Morgan fingerprint density at radius 2 is 1.19 bits per heavy atom. The summed E-state index contributed by atoms with van der Waals surface area (Å²) in [7, 11) is 0. The highest BCUT2D eigenvalue weighted by molar-refractivity contribution is 5.70. The maximum absolute atomic E-state index is 13.9. The van der Waals surface area contributed by atoms with E-state index >= 15 is 0 Å². The molecule has 21 heavy (non-hydrogen) atoms. The molecule has 3 aromatic rings. The highest BCUT2D eigenvalue weighted by atomic mass is 19.1. The molecule has 0 saturated heterocycles. The van der Waals surface area contributed by atoms with Crippen molar-refractivity contribution in [1.82, 2.24) is 9.97 Å². The number of benzene rings is 1. The van der Waals surface area contributed by atoms with Gasteiger partial charge >= 0.3 is 0 Å². The van der Waals surface area contributed by atoms with Crippen molar-refractivity contribution in [2.24, 2.45) is 0 Å². The van der Waals surface area contributed by atoms with Gasteiger partial charge in [-0.2, -0.15) is 0 Å². The monoisotopic (exact) mass is 278 g/mol. The second-order valence-electron chi connectivity index (χ2n) is 5.17. The number of pyridine rings is 2. The first-order valence-electron chi connectivity index (χ1n) is 6.78. The lowest BCUT2D eigenvalue weighted by Crippen LogP contribution is -1.90. The predicted molar refractivity (Wildman–Crippen MR) is 82.3 cm³/mol. The van der Waals surface area contributed by atoms with Gasteiger partial charge in [0, 0.05) is 23.5 Å². The number of nitrogens with zero attached hydrogens (tertiary/aromatic N) is 2. The second kappa shape index (κ2) is 5.44. The summed E-state index contributed by atoms with van der Waals surface area (Å²) in [5, 5.41) is 0. The highest BCUT2D eigenvalue weighted by Crippen LogP contribution is 2.26. The average molecular weight is 278 g/mol. The van der Waals surface area contributed by atoms with E-state index in [1.807, 2.05) is 44.2 Å². The average Bonchev–Trinajstić information content (AvgIpc) is 2.46. The molecule has 0 aliphatic carbocycles. The Bertz CT molecular complexity index is 733. The van der Waals surface area contributed by atoms with Gasteiger partial charge < -0.3 is 0 Å². The van der Waals surface area contributed by atoms with Crippen molar-refractivity contribution in [2.45, 2.75) is 13.8 Å². The molecule has 0 aliphatic rings. The Morgan fingerprint density at radius 1 is 0.714 bits per heavy atom. The largest absolute Gasteiger partial charge is 0.256 e. The molecule has 2 aromatic heterocycles. The molecule has 0 unspecified atom stereocenters. The van der Waals surface area contributed by atoms with Crippen LogP contribution in [0.3, 0.4) is 0 Å². The van der Waals surface area contributed by atoms with Gasteiger partial charge in [-0.1, -0.05) is 0 Å². The standard InChI is InChI=1S/C18H15FN2/c1-12-3-5-20-17(7-12)14-9-15(11-16(19)10-14)18-8-13(2)4-6-21-18/h3-11H,1-2H3. The summed E-state index contributed by atoms with van der Waals surface area (Å²) in [4.78, 5) is 8.63. The molecule has 0 saturated carbocycles. The molecule has 2 heterocycles. The number of halogens is 1. The Hall–Kier alpha value is -2.55. The van der Waals surface area contributed by atoms with Gasteiger partial charge in [0.25, 0.3) is 0 Å². The van der Waals surface area contributed by atoms with Crippen LogP contribution in [0, 0.1) is 19.7 Å². The molecule has 1 aromatic carbocycles. The molecule has 0 N–H and O–H groups in total. The lowest BCUT2D eigenvalue weighted by Gasteiger charge is -2.07. The zero-order valence-electron chi connectivity index (χ0n) is 12.0. The van der Waals surface area contributed by atoms with Crippen molar-refractivity contribution < 1.29 is 4.39 Å². The van der Waals surface area contributed by atoms with Crippen LogP contribution in [0.15, 0.2) is 54.9 Å². The van der Waals surface area contributed by atoms with E-state index in [0.717, 1.165) is 33.6 Å². The summed E-state index contributed by atoms with van der Waals surface area (Å²) >= 11 is 0. The summed E-state index contributed by atoms with van der Waals surface area (Å²) in [5.41, 5.74) is 5.25. The van der Waals surface area contributed by atoms with Crippen LogP contribution in [0.5, 0.6) is 0 Å². The van der Waals surface area contributed by atoms with Gasteiger partial charge in [0.2, 0.25) is 0 Å². The molecule has 0 atom stereocenters. The maximum Gasteiger partial charge on any atom is 0.124 e. The van der Waals surface area contributed by atoms with E-state index in [-0.39, 0.29) is 5.82 Å². The SMILES string of the molecule is Cc1ccnc(-c2cc(F)cc(-c3cc(C)ccn3)c2)c1. The molecular formula is C18H15FN2. The van der Waals surface area contributed by atoms with Crippen molar-refractivity contribution >= 4 is 0 Å². The molecule has 2 nitrogen and oxygen atoms in total. The minimum Gasteiger partial charge on any atom is -0.256 e. The zero-order chi connectivity index (χ0) is 14.8. The van der Waals surface area contributed by atoms with Gasteiger partial charge in [0.05, 0.1) is 11.4 Å². The summed E-state index contributed by atoms with van der Waals surface area (Å²) < 4.78 is 13.9. The lowest BCUT2D eigenvalue weighted by atomic mass is 10.0. The predicted octanol–water partition coefficient (Wildman–Crippen LogP) is 4.57. The van der Waals surface area contributed by atoms with E-state index in [0.29, 0.717) is 0 Å². The Morgan fingerprint density at radius 3 is 1.62 bits per heavy atom. The van der Waals surface area contributed by atoms with Gasteiger partial charge in [0.1, 0.15) is 5.82 Å². The summed E-state index contributed by atoms with van der Waals surface area (Å²) in [6.45, 7) is 3.99. The van der Waals surface area contributed by atoms with E-state index in [1.165, 1.54) is 12.1 Å². The first-order chi connectivity index (χ1) is 10.1. The Kier molecular flexibility index (Phi) is 3.48. The number of hydrogen-bond donors (Lipinski definition) is 0. The Labute approximate surface area is 123 Å². The number of hydrogen-bond acceptors (Lipinski definition) is 2. The van der Waals surface area contributed by atoms with Crippen LogP contribution in [-0.4, -0.2) is 9.97 Å². The lowest BCUT2D eigenvalue weighted by molar-refractivity contribution is 0.628. The fourth-order valence-electron chi connectivity index (χ4n) is 2.27. The molecule has 0 spiro atoms. The van der Waals surface area contributed by atoms with Crippen LogP contribution in [0.25, 0.3) is 22.5 Å². The highest BCUT2D eigenvalue weighted by Gasteiger charge is 2.07. The van der Waals surface area contributed by atoms with E-state index in [2.05, 4.69) is 9.97 Å². The summed E-state index contributed by atoms with van der Waals surface area (Å²) in [6, 6.07) is 12.7. The van der Waals surface area contributed by atoms with Gasteiger partial charge in [-0.05, 0) is 67.4 Å². The normalized spacial score (nSPS) is 10.6. The molecule has 104 valence electrons. The smallest absolute Gasteiger partial charge is 0.124 e. The van der Waals surface area contributed by atoms with Gasteiger partial charge in [0.15, 0.2) is 0 Å². The quantitative estimate of drug-likeness (QED) is 0.686. The fourth-order valence-corrected chi connectivity index (χ4v) is 2.27. The van der Waals surface area contributed by atoms with Crippen LogP contribution in [-0.2, 0) is 0 Å². The maximum atomic E-state index is 13.9. The Balaban J connectivity index is 2.12. The van der Waals surface area contributed by atoms with Crippen LogP contribution in [0.4, 0.5) is 4.39 Å². The third-order valence-electron chi connectivity index (χ3n) is 3.32. The summed E-state index contributed by atoms with van der Waals surface area (Å²) in [5.74, 6) is -0.283. The van der Waals surface area contributed by atoms with Crippen LogP contribution >= 0.6 is 0 Å². The number of aromatic nitrogens is 2. The minimum absolute atomic E-state index is 0.283. The molecule has 3 heteroatoms. The van der Waals surface area contributed by atoms with Crippen molar-refractivity contribution in [3.63, 3.8) is 0 Å². The second-order valence-corrected chi connectivity index (χ2v) is 5.17. The zero-order valence-corrected chi connectivity index (χ0v) is 12.0. The molecular weight excluding hydrogens is 263 g/mol. The van der Waals surface area contributed by atoms with Crippen molar-refractivity contribution in [3.05, 3.63) is 71.8 Å². The topological polar surface area (TPSA) is 25.8 Å². The minimum atomic E-state index is -0.283. The van der Waals surface area contributed by atoms with E-state index < -0.39 is 0 Å².